The average Bonchev–Trinajstić information content (AvgIpc) is 2.37. The molecule has 1 aromatic carbocycles. The molecular weight excluding hydrogens is 220 g/mol. The van der Waals surface area contributed by atoms with E-state index in [1.807, 2.05) is 6.92 Å². The number of hydrogen-bond acceptors (Lipinski definition) is 4. The van der Waals surface area contributed by atoms with E-state index in [1.165, 1.54) is 14.2 Å². The summed E-state index contributed by atoms with van der Waals surface area (Å²) in [6.07, 6.45) is 0. The van der Waals surface area contributed by atoms with Gasteiger partial charge < -0.3 is 20.5 Å². The fraction of sp³-hybridized carbons (Fsp3) is 0.417. The summed E-state index contributed by atoms with van der Waals surface area (Å²) in [5.74, 6) is 0.732. The maximum Gasteiger partial charge on any atom is 0.255 e. The van der Waals surface area contributed by atoms with Gasteiger partial charge >= 0.3 is 0 Å². The van der Waals surface area contributed by atoms with E-state index in [-0.39, 0.29) is 11.9 Å². The van der Waals surface area contributed by atoms with Gasteiger partial charge in [-0.1, -0.05) is 6.07 Å². The second kappa shape index (κ2) is 6.10. The first-order chi connectivity index (χ1) is 8.13. The van der Waals surface area contributed by atoms with E-state index in [2.05, 4.69) is 5.32 Å². The number of methoxy groups -OCH3 is 2. The van der Waals surface area contributed by atoms with Crippen molar-refractivity contribution in [2.45, 2.75) is 13.0 Å². The van der Waals surface area contributed by atoms with E-state index in [0.717, 1.165) is 0 Å². The van der Waals surface area contributed by atoms with Crippen LogP contribution in [0.3, 0.4) is 0 Å². The minimum Gasteiger partial charge on any atom is -0.493 e. The van der Waals surface area contributed by atoms with Gasteiger partial charge in [0.05, 0.1) is 19.8 Å². The third kappa shape index (κ3) is 3.10. The molecule has 0 unspecified atom stereocenters. The van der Waals surface area contributed by atoms with Crippen LogP contribution in [0, 0.1) is 0 Å². The van der Waals surface area contributed by atoms with Gasteiger partial charge in [0.2, 0.25) is 0 Å². The molecule has 1 atom stereocenters. The zero-order chi connectivity index (χ0) is 12.8. The Balaban J connectivity index is 3.00. The van der Waals surface area contributed by atoms with Gasteiger partial charge in [0.15, 0.2) is 11.5 Å². The Morgan fingerprint density at radius 1 is 1.41 bits per heavy atom. The predicted molar refractivity (Wildman–Crippen MR) is 65.5 cm³/mol. The first kappa shape index (κ1) is 13.3. The van der Waals surface area contributed by atoms with Crippen LogP contribution in [0.5, 0.6) is 11.5 Å². The molecule has 0 aliphatic heterocycles. The molecule has 0 fully saturated rings. The van der Waals surface area contributed by atoms with Crippen molar-refractivity contribution in [1.82, 2.24) is 5.32 Å². The highest BCUT2D eigenvalue weighted by Gasteiger charge is 2.17. The maximum atomic E-state index is 12.0. The lowest BCUT2D eigenvalue weighted by atomic mass is 10.1. The lowest BCUT2D eigenvalue weighted by molar-refractivity contribution is 0.0937. The molecule has 0 saturated heterocycles. The summed E-state index contributed by atoms with van der Waals surface area (Å²) in [7, 11) is 3.03. The Morgan fingerprint density at radius 2 is 2.12 bits per heavy atom. The lowest BCUT2D eigenvalue weighted by Gasteiger charge is -2.15. The van der Waals surface area contributed by atoms with Crippen molar-refractivity contribution >= 4 is 5.91 Å². The molecule has 0 radical (unpaired) electrons. The predicted octanol–water partition coefficient (Wildman–Crippen LogP) is 0.781. The fourth-order valence-electron chi connectivity index (χ4n) is 1.43. The number of carbonyl (C=O) groups is 1. The number of ether oxygens (including phenoxy) is 2. The van der Waals surface area contributed by atoms with Crippen LogP contribution < -0.4 is 20.5 Å². The van der Waals surface area contributed by atoms with Crippen molar-refractivity contribution in [2.75, 3.05) is 20.8 Å². The quantitative estimate of drug-likeness (QED) is 0.795. The van der Waals surface area contributed by atoms with Crippen LogP contribution in [0.4, 0.5) is 0 Å². The van der Waals surface area contributed by atoms with E-state index < -0.39 is 0 Å². The molecule has 0 aromatic heterocycles. The van der Waals surface area contributed by atoms with Crippen LogP contribution in [0.25, 0.3) is 0 Å². The summed E-state index contributed by atoms with van der Waals surface area (Å²) in [5.41, 5.74) is 5.89. The SMILES string of the molecule is COc1cccc(C(=O)N[C@@H](C)CN)c1OC. The molecule has 17 heavy (non-hydrogen) atoms. The molecule has 3 N–H and O–H groups in total. The zero-order valence-corrected chi connectivity index (χ0v) is 10.3. The van der Waals surface area contributed by atoms with Crippen molar-refractivity contribution < 1.29 is 14.3 Å². The molecule has 1 rings (SSSR count). The Bertz CT molecular complexity index is 393. The molecule has 0 heterocycles. The number of hydrogen-bond donors (Lipinski definition) is 2. The molecule has 0 bridgehead atoms. The van der Waals surface area contributed by atoms with Crippen molar-refractivity contribution in [3.8, 4) is 11.5 Å². The molecule has 1 aromatic rings. The van der Waals surface area contributed by atoms with Crippen LogP contribution in [-0.4, -0.2) is 32.7 Å². The highest BCUT2D eigenvalue weighted by molar-refractivity contribution is 5.98. The summed E-state index contributed by atoms with van der Waals surface area (Å²) in [6, 6.07) is 5.07. The summed E-state index contributed by atoms with van der Waals surface area (Å²) >= 11 is 0. The molecular formula is C12H18N2O3. The minimum absolute atomic E-state index is 0.0848. The average molecular weight is 238 g/mol. The van der Waals surface area contributed by atoms with Gasteiger partial charge in [0.1, 0.15) is 0 Å². The Kier molecular flexibility index (Phi) is 4.78. The highest BCUT2D eigenvalue weighted by atomic mass is 16.5. The van der Waals surface area contributed by atoms with Gasteiger partial charge in [-0.15, -0.1) is 0 Å². The maximum absolute atomic E-state index is 12.0. The van der Waals surface area contributed by atoms with Crippen molar-refractivity contribution in [2.24, 2.45) is 5.73 Å². The molecule has 5 heteroatoms. The van der Waals surface area contributed by atoms with Crippen molar-refractivity contribution in [1.29, 1.82) is 0 Å². The summed E-state index contributed by atoms with van der Waals surface area (Å²) in [5, 5.41) is 2.77. The van der Waals surface area contributed by atoms with E-state index in [9.17, 15) is 4.79 Å². The van der Waals surface area contributed by atoms with Crippen LogP contribution in [0.2, 0.25) is 0 Å². The standard InChI is InChI=1S/C12H18N2O3/c1-8(7-13)14-12(15)9-5-4-6-10(16-2)11(9)17-3/h4-6,8H,7,13H2,1-3H3,(H,14,15)/t8-/m0/s1. The molecule has 5 nitrogen and oxygen atoms in total. The molecule has 0 aliphatic rings. The first-order valence-electron chi connectivity index (χ1n) is 5.36. The highest BCUT2D eigenvalue weighted by Crippen LogP contribution is 2.30. The van der Waals surface area contributed by atoms with Gasteiger partial charge in [-0.25, -0.2) is 0 Å². The summed E-state index contributed by atoms with van der Waals surface area (Å²) in [4.78, 5) is 12.0. The smallest absolute Gasteiger partial charge is 0.255 e. The summed E-state index contributed by atoms with van der Waals surface area (Å²) < 4.78 is 10.3. The van der Waals surface area contributed by atoms with Crippen molar-refractivity contribution in [3.63, 3.8) is 0 Å². The van der Waals surface area contributed by atoms with E-state index >= 15 is 0 Å². The first-order valence-corrected chi connectivity index (χ1v) is 5.36. The monoisotopic (exact) mass is 238 g/mol. The number of nitrogens with one attached hydrogen (secondary N) is 1. The third-order valence-corrected chi connectivity index (χ3v) is 2.38. The Morgan fingerprint density at radius 3 is 2.65 bits per heavy atom. The number of carbonyl (C=O) groups excluding carboxylic acids is 1. The zero-order valence-electron chi connectivity index (χ0n) is 10.3. The van der Waals surface area contributed by atoms with Gasteiger partial charge in [-0.3, -0.25) is 4.79 Å². The topological polar surface area (TPSA) is 73.6 Å². The molecule has 0 saturated carbocycles. The summed E-state index contributed by atoms with van der Waals surface area (Å²) in [6.45, 7) is 2.22. The van der Waals surface area contributed by atoms with Crippen LogP contribution in [-0.2, 0) is 0 Å². The third-order valence-electron chi connectivity index (χ3n) is 2.38. The Labute approximate surface area is 101 Å². The van der Waals surface area contributed by atoms with Gasteiger partial charge in [-0.2, -0.15) is 0 Å². The molecule has 94 valence electrons. The van der Waals surface area contributed by atoms with E-state index in [0.29, 0.717) is 23.6 Å². The van der Waals surface area contributed by atoms with E-state index in [4.69, 9.17) is 15.2 Å². The number of amides is 1. The number of benzene rings is 1. The van der Waals surface area contributed by atoms with Crippen LogP contribution in [0.15, 0.2) is 18.2 Å². The van der Waals surface area contributed by atoms with E-state index in [1.54, 1.807) is 18.2 Å². The van der Waals surface area contributed by atoms with Gasteiger partial charge in [-0.05, 0) is 19.1 Å². The molecule has 0 aliphatic carbocycles. The van der Waals surface area contributed by atoms with Gasteiger partial charge in [0, 0.05) is 12.6 Å². The number of nitrogens with two attached hydrogens (primary N) is 1. The molecule has 1 amide bonds. The lowest BCUT2D eigenvalue weighted by Crippen LogP contribution is -2.37. The second-order valence-electron chi connectivity index (χ2n) is 3.65. The van der Waals surface area contributed by atoms with Gasteiger partial charge in [0.25, 0.3) is 5.91 Å². The van der Waals surface area contributed by atoms with Crippen molar-refractivity contribution in [3.05, 3.63) is 23.8 Å². The van der Waals surface area contributed by atoms with Crippen LogP contribution >= 0.6 is 0 Å². The Hall–Kier alpha value is -1.75. The minimum atomic E-state index is -0.223. The normalized spacial score (nSPS) is 11.8. The largest absolute Gasteiger partial charge is 0.493 e. The molecule has 0 spiro atoms. The van der Waals surface area contributed by atoms with Crippen LogP contribution in [0.1, 0.15) is 17.3 Å². The fourth-order valence-corrected chi connectivity index (χ4v) is 1.43. The number of para-hydroxylation sites is 1. The number of rotatable bonds is 5. The second-order valence-corrected chi connectivity index (χ2v) is 3.65.